The fourth-order valence-corrected chi connectivity index (χ4v) is 3.76. The van der Waals surface area contributed by atoms with Crippen LogP contribution in [0.5, 0.6) is 0 Å². The van der Waals surface area contributed by atoms with Crippen molar-refractivity contribution in [3.05, 3.63) is 15.8 Å². The molecular weight excluding hydrogens is 276 g/mol. The van der Waals surface area contributed by atoms with E-state index in [0.29, 0.717) is 0 Å². The Bertz CT molecular complexity index is 528. The fourth-order valence-electron chi connectivity index (χ4n) is 2.31. The highest BCUT2D eigenvalue weighted by Gasteiger charge is 2.13. The molecule has 1 aliphatic rings. The Morgan fingerprint density at radius 3 is 2.63 bits per heavy atom. The largest absolute Gasteiger partial charge is 0.365 e. The Morgan fingerprint density at radius 2 is 1.89 bits per heavy atom. The van der Waals surface area contributed by atoms with Crippen LogP contribution in [0.1, 0.15) is 17.8 Å². The van der Waals surface area contributed by atoms with E-state index in [4.69, 9.17) is 4.98 Å². The van der Waals surface area contributed by atoms with Gasteiger partial charge in [0.15, 0.2) is 5.13 Å². The second-order valence-electron chi connectivity index (χ2n) is 4.71. The SMILES string of the molecule is CNc1nc(-c2csc(CCN3CCCC3)n2)cs1. The Kier molecular flexibility index (Phi) is 4.10. The quantitative estimate of drug-likeness (QED) is 0.920. The van der Waals surface area contributed by atoms with E-state index in [2.05, 4.69) is 26.0 Å². The molecule has 4 nitrogen and oxygen atoms in total. The molecule has 0 aromatic carbocycles. The third-order valence-electron chi connectivity index (χ3n) is 3.37. The van der Waals surface area contributed by atoms with Crippen molar-refractivity contribution in [2.24, 2.45) is 0 Å². The molecule has 2 aromatic rings. The lowest BCUT2D eigenvalue weighted by molar-refractivity contribution is 0.343. The first-order valence-corrected chi connectivity index (χ1v) is 8.41. The van der Waals surface area contributed by atoms with Crippen LogP contribution in [0.25, 0.3) is 11.4 Å². The van der Waals surface area contributed by atoms with Crippen molar-refractivity contribution in [2.45, 2.75) is 19.3 Å². The zero-order valence-electron chi connectivity index (χ0n) is 11.1. The summed E-state index contributed by atoms with van der Waals surface area (Å²) in [6, 6.07) is 0. The number of rotatable bonds is 5. The van der Waals surface area contributed by atoms with E-state index in [1.807, 2.05) is 7.05 Å². The standard InChI is InChI=1S/C13H18N4S2/c1-14-13-16-11(9-19-13)10-8-18-12(15-10)4-7-17-5-2-3-6-17/h8-9H,2-7H2,1H3,(H,14,16). The van der Waals surface area contributed by atoms with Crippen LogP contribution >= 0.6 is 22.7 Å². The lowest BCUT2D eigenvalue weighted by Gasteiger charge is -2.12. The lowest BCUT2D eigenvalue weighted by atomic mass is 10.3. The highest BCUT2D eigenvalue weighted by molar-refractivity contribution is 7.14. The normalized spacial score (nSPS) is 16.1. The second kappa shape index (κ2) is 5.98. The Balaban J connectivity index is 1.62. The first-order valence-electron chi connectivity index (χ1n) is 6.65. The predicted octanol–water partition coefficient (Wildman–Crippen LogP) is 2.95. The van der Waals surface area contributed by atoms with Gasteiger partial charge in [-0.05, 0) is 25.9 Å². The van der Waals surface area contributed by atoms with Gasteiger partial charge in [-0.25, -0.2) is 9.97 Å². The molecule has 0 amide bonds. The van der Waals surface area contributed by atoms with E-state index in [-0.39, 0.29) is 0 Å². The van der Waals surface area contributed by atoms with Crippen LogP contribution in [0.15, 0.2) is 10.8 Å². The smallest absolute Gasteiger partial charge is 0.183 e. The molecule has 1 aliphatic heterocycles. The molecule has 1 N–H and O–H groups in total. The third-order valence-corrected chi connectivity index (χ3v) is 5.14. The van der Waals surface area contributed by atoms with Crippen molar-refractivity contribution in [3.63, 3.8) is 0 Å². The zero-order valence-corrected chi connectivity index (χ0v) is 12.7. The van der Waals surface area contributed by atoms with Crippen molar-refractivity contribution < 1.29 is 0 Å². The van der Waals surface area contributed by atoms with E-state index < -0.39 is 0 Å². The molecule has 1 fully saturated rings. The lowest BCUT2D eigenvalue weighted by Crippen LogP contribution is -2.21. The van der Waals surface area contributed by atoms with E-state index in [1.54, 1.807) is 22.7 Å². The topological polar surface area (TPSA) is 41.1 Å². The molecule has 0 radical (unpaired) electrons. The first kappa shape index (κ1) is 13.0. The second-order valence-corrected chi connectivity index (χ2v) is 6.51. The molecule has 1 saturated heterocycles. The minimum absolute atomic E-state index is 0.946. The molecule has 6 heteroatoms. The van der Waals surface area contributed by atoms with E-state index in [0.717, 1.165) is 29.5 Å². The minimum Gasteiger partial charge on any atom is -0.365 e. The van der Waals surface area contributed by atoms with Crippen molar-refractivity contribution in [2.75, 3.05) is 32.0 Å². The molecule has 0 unspecified atom stereocenters. The fraction of sp³-hybridized carbons (Fsp3) is 0.538. The van der Waals surface area contributed by atoms with Gasteiger partial charge in [0.1, 0.15) is 11.4 Å². The molecule has 0 atom stereocenters. The summed E-state index contributed by atoms with van der Waals surface area (Å²) < 4.78 is 0. The summed E-state index contributed by atoms with van der Waals surface area (Å²) in [7, 11) is 1.89. The molecule has 0 saturated carbocycles. The maximum atomic E-state index is 4.70. The van der Waals surface area contributed by atoms with Gasteiger partial charge in [-0.1, -0.05) is 0 Å². The zero-order chi connectivity index (χ0) is 13.1. The molecule has 3 rings (SSSR count). The van der Waals surface area contributed by atoms with Crippen LogP contribution in [0.3, 0.4) is 0 Å². The summed E-state index contributed by atoms with van der Waals surface area (Å²) in [4.78, 5) is 11.7. The third kappa shape index (κ3) is 3.13. The highest BCUT2D eigenvalue weighted by Crippen LogP contribution is 2.26. The van der Waals surface area contributed by atoms with Crippen molar-refractivity contribution in [3.8, 4) is 11.4 Å². The van der Waals surface area contributed by atoms with Gasteiger partial charge in [0.25, 0.3) is 0 Å². The number of aromatic nitrogens is 2. The first-order chi connectivity index (χ1) is 9.35. The number of hydrogen-bond acceptors (Lipinski definition) is 6. The predicted molar refractivity (Wildman–Crippen MR) is 82.1 cm³/mol. The van der Waals surface area contributed by atoms with Crippen LogP contribution in [0, 0.1) is 0 Å². The van der Waals surface area contributed by atoms with E-state index in [1.165, 1.54) is 30.9 Å². The summed E-state index contributed by atoms with van der Waals surface area (Å²) in [6.07, 6.45) is 3.77. The minimum atomic E-state index is 0.946. The number of hydrogen-bond donors (Lipinski definition) is 1. The molecule has 3 heterocycles. The maximum Gasteiger partial charge on any atom is 0.183 e. The maximum absolute atomic E-state index is 4.70. The van der Waals surface area contributed by atoms with Crippen LogP contribution < -0.4 is 5.32 Å². The average molecular weight is 294 g/mol. The van der Waals surface area contributed by atoms with Gasteiger partial charge < -0.3 is 10.2 Å². The molecule has 0 spiro atoms. The molecule has 2 aromatic heterocycles. The summed E-state index contributed by atoms with van der Waals surface area (Å²) in [5.74, 6) is 0. The Morgan fingerprint density at radius 1 is 1.16 bits per heavy atom. The Hall–Kier alpha value is -0.980. The van der Waals surface area contributed by atoms with Crippen molar-refractivity contribution >= 4 is 27.8 Å². The summed E-state index contributed by atoms with van der Waals surface area (Å²) >= 11 is 3.37. The summed E-state index contributed by atoms with van der Waals surface area (Å²) in [5.41, 5.74) is 2.00. The number of nitrogens with zero attached hydrogens (tertiary/aromatic N) is 3. The van der Waals surface area contributed by atoms with E-state index in [9.17, 15) is 0 Å². The van der Waals surface area contributed by atoms with Crippen molar-refractivity contribution in [1.82, 2.24) is 14.9 Å². The molecule has 19 heavy (non-hydrogen) atoms. The Labute approximate surface area is 121 Å². The van der Waals surface area contributed by atoms with Gasteiger partial charge >= 0.3 is 0 Å². The number of anilines is 1. The van der Waals surface area contributed by atoms with Gasteiger partial charge in [-0.15, -0.1) is 22.7 Å². The van der Waals surface area contributed by atoms with E-state index >= 15 is 0 Å². The van der Waals surface area contributed by atoms with Crippen LogP contribution in [-0.4, -0.2) is 41.5 Å². The number of likely N-dealkylation sites (tertiary alicyclic amines) is 1. The molecule has 0 bridgehead atoms. The summed E-state index contributed by atoms with van der Waals surface area (Å²) in [5, 5.41) is 9.41. The highest BCUT2D eigenvalue weighted by atomic mass is 32.1. The van der Waals surface area contributed by atoms with Gasteiger partial charge in [-0.2, -0.15) is 0 Å². The number of thiazole rings is 2. The van der Waals surface area contributed by atoms with Crippen molar-refractivity contribution in [1.29, 1.82) is 0 Å². The average Bonchev–Trinajstić information content (AvgIpc) is 3.16. The number of nitrogens with one attached hydrogen (secondary N) is 1. The van der Waals surface area contributed by atoms with Gasteiger partial charge in [0.2, 0.25) is 0 Å². The van der Waals surface area contributed by atoms with Gasteiger partial charge in [0.05, 0.1) is 5.01 Å². The molecule has 0 aliphatic carbocycles. The van der Waals surface area contributed by atoms with Gasteiger partial charge in [-0.3, -0.25) is 0 Å². The molecule has 102 valence electrons. The summed E-state index contributed by atoms with van der Waals surface area (Å²) in [6.45, 7) is 3.66. The van der Waals surface area contributed by atoms with Crippen LogP contribution in [0.4, 0.5) is 5.13 Å². The molecular formula is C13H18N4S2. The van der Waals surface area contributed by atoms with Crippen LogP contribution in [-0.2, 0) is 6.42 Å². The monoisotopic (exact) mass is 294 g/mol. The van der Waals surface area contributed by atoms with Crippen LogP contribution in [0.2, 0.25) is 0 Å². The van der Waals surface area contributed by atoms with Gasteiger partial charge in [0, 0.05) is 30.8 Å².